The number of halogens is 3. The Labute approximate surface area is 245 Å². The highest BCUT2D eigenvalue weighted by molar-refractivity contribution is 5.85. The van der Waals surface area contributed by atoms with E-state index in [0.29, 0.717) is 55.4 Å². The summed E-state index contributed by atoms with van der Waals surface area (Å²) in [6.07, 6.45) is 3.58. The molecule has 3 aromatic heterocycles. The number of piperazine rings is 1. The van der Waals surface area contributed by atoms with Gasteiger partial charge in [0.05, 0.1) is 12.0 Å². The first-order chi connectivity index (χ1) is 19.8. The Kier molecular flexibility index (Phi) is 8.59. The van der Waals surface area contributed by atoms with E-state index in [1.807, 2.05) is 4.90 Å². The predicted octanol–water partition coefficient (Wildman–Crippen LogP) is 2.56. The van der Waals surface area contributed by atoms with Gasteiger partial charge in [-0.05, 0) is 30.9 Å². The number of carboxylic acids is 1. The lowest BCUT2D eigenvalue weighted by Crippen LogP contribution is -2.50. The normalized spacial score (nSPS) is 17.8. The zero-order valence-electron chi connectivity index (χ0n) is 22.5. The molecule has 13 nitrogen and oxygen atoms in total. The summed E-state index contributed by atoms with van der Waals surface area (Å²) in [5.74, 6) is -0.836. The molecule has 0 bridgehead atoms. The zero-order chi connectivity index (χ0) is 28.5. The Hall–Kier alpha value is -4.24. The topological polar surface area (TPSA) is 151 Å². The number of fused-ring (bicyclic) bond motifs is 1. The molecule has 4 aromatic rings. The van der Waals surface area contributed by atoms with Crippen LogP contribution in [0.3, 0.4) is 0 Å². The van der Waals surface area contributed by atoms with Crippen molar-refractivity contribution in [2.75, 3.05) is 68.0 Å². The predicted molar refractivity (Wildman–Crippen MR) is 151 cm³/mol. The minimum absolute atomic E-state index is 0. The first kappa shape index (κ1) is 29.3. The van der Waals surface area contributed by atoms with Crippen molar-refractivity contribution in [3.05, 3.63) is 42.2 Å². The van der Waals surface area contributed by atoms with Crippen LogP contribution in [0.4, 0.5) is 26.4 Å². The second-order valence-corrected chi connectivity index (χ2v) is 10.2. The van der Waals surface area contributed by atoms with Crippen molar-refractivity contribution < 1.29 is 27.8 Å². The molecule has 1 aromatic carbocycles. The summed E-state index contributed by atoms with van der Waals surface area (Å²) < 4.78 is 40.4. The van der Waals surface area contributed by atoms with Crippen molar-refractivity contribution in [1.82, 2.24) is 29.5 Å². The third kappa shape index (κ3) is 6.16. The molecular formula is C26H30ClF2N9O4. The summed E-state index contributed by atoms with van der Waals surface area (Å²) in [5.41, 5.74) is 6.39. The second kappa shape index (κ2) is 12.3. The maximum absolute atomic E-state index is 14.6. The molecule has 3 N–H and O–H groups in total. The van der Waals surface area contributed by atoms with Gasteiger partial charge >= 0.3 is 5.97 Å². The number of aliphatic carboxylic acids is 1. The largest absolute Gasteiger partial charge is 0.479 e. The number of carbonyl (C=O) groups is 1. The number of benzene rings is 1. The molecule has 42 heavy (non-hydrogen) atoms. The zero-order valence-corrected chi connectivity index (χ0v) is 23.3. The molecule has 0 aliphatic carbocycles. The number of hydrogen-bond acceptors (Lipinski definition) is 11. The fourth-order valence-electron chi connectivity index (χ4n) is 5.39. The summed E-state index contributed by atoms with van der Waals surface area (Å²) >= 11 is 0. The number of anilines is 3. The smallest absolute Gasteiger partial charge is 0.341 e. The third-order valence-corrected chi connectivity index (χ3v) is 7.35. The van der Waals surface area contributed by atoms with E-state index in [2.05, 4.69) is 29.9 Å². The van der Waals surface area contributed by atoms with Crippen LogP contribution in [-0.4, -0.2) is 93.0 Å². The molecule has 1 unspecified atom stereocenters. The molecule has 1 atom stereocenters. The minimum atomic E-state index is -1.24. The number of nitrogen functional groups attached to an aromatic ring is 1. The van der Waals surface area contributed by atoms with Crippen LogP contribution < -0.4 is 20.3 Å². The lowest BCUT2D eigenvalue weighted by atomic mass is 9.97. The molecule has 2 saturated heterocycles. The number of aromatic nitrogens is 5. The Bertz CT molecular complexity index is 1550. The summed E-state index contributed by atoms with van der Waals surface area (Å²) in [6.45, 7) is 4.18. The molecular weight excluding hydrogens is 576 g/mol. The monoisotopic (exact) mass is 605 g/mol. The van der Waals surface area contributed by atoms with Crippen LogP contribution in [0.1, 0.15) is 12.8 Å². The van der Waals surface area contributed by atoms with Crippen LogP contribution in [0.5, 0.6) is 5.75 Å². The molecule has 224 valence electrons. The van der Waals surface area contributed by atoms with Gasteiger partial charge < -0.3 is 29.8 Å². The fourth-order valence-corrected chi connectivity index (χ4v) is 5.39. The Morgan fingerprint density at radius 2 is 1.90 bits per heavy atom. The molecule has 6 rings (SSSR count). The van der Waals surface area contributed by atoms with Crippen LogP contribution >= 0.6 is 12.4 Å². The SMILES string of the molecule is Cl.Nc1nc(N2CCCC(CN3CCN(c4cc(OCC(=O)O)c(F)cc4F)CC3)C2)nc2nc(-c3ccco3)nn12. The average molecular weight is 606 g/mol. The highest BCUT2D eigenvalue weighted by Crippen LogP contribution is 2.30. The van der Waals surface area contributed by atoms with Gasteiger partial charge in [-0.25, -0.2) is 13.6 Å². The van der Waals surface area contributed by atoms with Crippen molar-refractivity contribution in [3.8, 4) is 17.3 Å². The number of rotatable bonds is 8. The number of carboxylic acid groups (broad SMARTS) is 1. The third-order valence-electron chi connectivity index (χ3n) is 7.35. The maximum Gasteiger partial charge on any atom is 0.341 e. The lowest BCUT2D eigenvalue weighted by Gasteiger charge is -2.40. The van der Waals surface area contributed by atoms with Crippen LogP contribution in [0.2, 0.25) is 0 Å². The van der Waals surface area contributed by atoms with E-state index in [-0.39, 0.29) is 29.8 Å². The number of furan rings is 1. The van der Waals surface area contributed by atoms with Crippen molar-refractivity contribution >= 4 is 41.7 Å². The van der Waals surface area contributed by atoms with Gasteiger partial charge in [0.15, 0.2) is 23.9 Å². The average Bonchev–Trinajstić information content (AvgIpc) is 3.64. The maximum atomic E-state index is 14.6. The van der Waals surface area contributed by atoms with Crippen LogP contribution in [0.25, 0.3) is 17.4 Å². The molecule has 2 aliphatic heterocycles. The molecule has 16 heteroatoms. The van der Waals surface area contributed by atoms with Crippen molar-refractivity contribution in [3.63, 3.8) is 0 Å². The van der Waals surface area contributed by atoms with Gasteiger partial charge in [0, 0.05) is 57.9 Å². The number of piperidine rings is 1. The second-order valence-electron chi connectivity index (χ2n) is 10.2. The van der Waals surface area contributed by atoms with Crippen LogP contribution in [-0.2, 0) is 4.79 Å². The molecule has 0 spiro atoms. The molecule has 0 amide bonds. The van der Waals surface area contributed by atoms with E-state index in [4.69, 9.17) is 20.0 Å². The molecule has 5 heterocycles. The molecule has 2 aliphatic rings. The van der Waals surface area contributed by atoms with E-state index in [0.717, 1.165) is 38.5 Å². The Morgan fingerprint density at radius 3 is 2.64 bits per heavy atom. The number of ether oxygens (including phenoxy) is 1. The van der Waals surface area contributed by atoms with Crippen LogP contribution in [0, 0.1) is 17.6 Å². The summed E-state index contributed by atoms with van der Waals surface area (Å²) in [7, 11) is 0. The van der Waals surface area contributed by atoms with E-state index in [9.17, 15) is 13.6 Å². The van der Waals surface area contributed by atoms with E-state index in [1.54, 1.807) is 18.4 Å². The van der Waals surface area contributed by atoms with Gasteiger partial charge in [0.2, 0.25) is 17.7 Å². The summed E-state index contributed by atoms with van der Waals surface area (Å²) in [5, 5.41) is 13.2. The number of hydrogen-bond donors (Lipinski definition) is 2. The first-order valence-corrected chi connectivity index (χ1v) is 13.3. The summed E-state index contributed by atoms with van der Waals surface area (Å²) in [6, 6.07) is 5.49. The first-order valence-electron chi connectivity index (χ1n) is 13.3. The standard InChI is InChI=1S/C26H29F2N9O4.ClH/c27-17-11-18(28)21(41-15-22(38)39)12-19(17)35-8-6-34(7-9-35)13-16-3-1-5-36(14-16)25-31-24(29)37-26(32-25)30-23(33-37)20-4-2-10-40-20;/h2,4,10-12,16H,1,3,5-9,13-15H2,(H,38,39)(H2,29,30,31,32,33);1H. The number of nitrogens with zero attached hydrogens (tertiary/aromatic N) is 8. The van der Waals surface area contributed by atoms with Gasteiger partial charge in [-0.3, -0.25) is 4.90 Å². The summed E-state index contributed by atoms with van der Waals surface area (Å²) in [4.78, 5) is 30.6. The van der Waals surface area contributed by atoms with Crippen molar-refractivity contribution in [1.29, 1.82) is 0 Å². The Balaban J connectivity index is 0.00000353. The van der Waals surface area contributed by atoms with Crippen molar-refractivity contribution in [2.45, 2.75) is 12.8 Å². The molecule has 2 fully saturated rings. The van der Waals surface area contributed by atoms with E-state index >= 15 is 0 Å². The fraction of sp³-hybridized carbons (Fsp3) is 0.423. The minimum Gasteiger partial charge on any atom is -0.479 e. The quantitative estimate of drug-likeness (QED) is 0.304. The van der Waals surface area contributed by atoms with Gasteiger partial charge in [0.1, 0.15) is 5.82 Å². The molecule has 0 radical (unpaired) electrons. The van der Waals surface area contributed by atoms with E-state index < -0.39 is 24.2 Å². The van der Waals surface area contributed by atoms with Gasteiger partial charge in [-0.2, -0.15) is 19.5 Å². The highest BCUT2D eigenvalue weighted by Gasteiger charge is 2.28. The Morgan fingerprint density at radius 1 is 1.10 bits per heavy atom. The highest BCUT2D eigenvalue weighted by atomic mass is 35.5. The number of nitrogens with two attached hydrogens (primary N) is 1. The van der Waals surface area contributed by atoms with Gasteiger partial charge in [-0.15, -0.1) is 17.5 Å². The van der Waals surface area contributed by atoms with E-state index in [1.165, 1.54) is 10.6 Å². The lowest BCUT2D eigenvalue weighted by molar-refractivity contribution is -0.139. The van der Waals surface area contributed by atoms with Crippen LogP contribution in [0.15, 0.2) is 34.9 Å². The molecule has 0 saturated carbocycles. The van der Waals surface area contributed by atoms with Gasteiger partial charge in [-0.1, -0.05) is 0 Å². The van der Waals surface area contributed by atoms with Crippen molar-refractivity contribution in [2.24, 2.45) is 5.92 Å². The van der Waals surface area contributed by atoms with Gasteiger partial charge in [0.25, 0.3) is 5.78 Å².